The Balaban J connectivity index is 1.64. The van der Waals surface area contributed by atoms with Gasteiger partial charge in [0.1, 0.15) is 0 Å². The Bertz CT molecular complexity index is 822. The van der Waals surface area contributed by atoms with Crippen LogP contribution in [0.25, 0.3) is 10.8 Å². The number of nitrogens with one attached hydrogen (secondary N) is 1. The number of hydrogen-bond donors (Lipinski definition) is 1. The van der Waals surface area contributed by atoms with E-state index in [1.54, 1.807) is 12.1 Å². The molecular formula is C15H14ClN3O2S2. The fourth-order valence-corrected chi connectivity index (χ4v) is 3.68. The van der Waals surface area contributed by atoms with Crippen molar-refractivity contribution in [3.8, 4) is 10.8 Å². The Morgan fingerprint density at radius 2 is 2.13 bits per heavy atom. The van der Waals surface area contributed by atoms with Crippen molar-refractivity contribution in [1.82, 2.24) is 15.5 Å². The fraction of sp³-hybridized carbons (Fsp3) is 0.267. The molecule has 0 aliphatic carbocycles. The first-order valence-electron chi connectivity index (χ1n) is 6.99. The maximum absolute atomic E-state index is 12.0. The Morgan fingerprint density at radius 1 is 1.30 bits per heavy atom. The van der Waals surface area contributed by atoms with E-state index in [1.807, 2.05) is 26.0 Å². The smallest absolute Gasteiger partial charge is 0.268 e. The van der Waals surface area contributed by atoms with Crippen molar-refractivity contribution in [2.45, 2.75) is 26.3 Å². The maximum atomic E-state index is 12.0. The van der Waals surface area contributed by atoms with E-state index in [0.717, 1.165) is 9.75 Å². The van der Waals surface area contributed by atoms with Crippen LogP contribution >= 0.6 is 34.3 Å². The Morgan fingerprint density at radius 3 is 2.78 bits per heavy atom. The Labute approximate surface area is 146 Å². The van der Waals surface area contributed by atoms with Gasteiger partial charge in [0.25, 0.3) is 11.8 Å². The number of halogens is 1. The van der Waals surface area contributed by atoms with E-state index in [2.05, 4.69) is 15.5 Å². The van der Waals surface area contributed by atoms with Crippen LogP contribution in [0.15, 0.2) is 28.8 Å². The van der Waals surface area contributed by atoms with E-state index in [1.165, 1.54) is 22.7 Å². The van der Waals surface area contributed by atoms with Crippen molar-refractivity contribution in [2.75, 3.05) is 0 Å². The highest BCUT2D eigenvalue weighted by Gasteiger charge is 2.14. The first-order valence-corrected chi connectivity index (χ1v) is 9.00. The molecule has 23 heavy (non-hydrogen) atoms. The van der Waals surface area contributed by atoms with Crippen LogP contribution < -0.4 is 5.32 Å². The largest absolute Gasteiger partial charge is 0.346 e. The van der Waals surface area contributed by atoms with Crippen molar-refractivity contribution in [3.63, 3.8) is 0 Å². The molecule has 3 rings (SSSR count). The minimum Gasteiger partial charge on any atom is -0.346 e. The summed E-state index contributed by atoms with van der Waals surface area (Å²) >= 11 is 8.62. The van der Waals surface area contributed by atoms with Gasteiger partial charge in [-0.2, -0.15) is 4.98 Å². The second-order valence-corrected chi connectivity index (χ2v) is 8.05. The molecule has 0 fully saturated rings. The monoisotopic (exact) mass is 367 g/mol. The zero-order chi connectivity index (χ0) is 16.4. The van der Waals surface area contributed by atoms with Gasteiger partial charge in [-0.05, 0) is 24.3 Å². The van der Waals surface area contributed by atoms with Crippen LogP contribution in [0, 0.1) is 0 Å². The van der Waals surface area contributed by atoms with Crippen molar-refractivity contribution in [3.05, 3.63) is 44.2 Å². The van der Waals surface area contributed by atoms with Gasteiger partial charge >= 0.3 is 0 Å². The lowest BCUT2D eigenvalue weighted by atomic mass is 10.2. The second-order valence-electron chi connectivity index (χ2n) is 5.16. The number of thiophene rings is 2. The molecule has 3 aromatic heterocycles. The lowest BCUT2D eigenvalue weighted by molar-refractivity contribution is 0.0955. The average Bonchev–Trinajstić information content (AvgIpc) is 3.24. The quantitative estimate of drug-likeness (QED) is 0.717. The number of carbonyl (C=O) groups excluding carboxylic acids is 1. The van der Waals surface area contributed by atoms with E-state index < -0.39 is 0 Å². The summed E-state index contributed by atoms with van der Waals surface area (Å²) in [5, 5.41) is 6.83. The standard InChI is InChI=1S/C15H14ClN3O2S2/c1-8(2)13-18-15(21-19-13)11-4-3-9(22-11)7-17-14(20)10-5-6-12(16)23-10/h3-6,8H,7H2,1-2H3,(H,17,20). The number of nitrogens with zero attached hydrogens (tertiary/aromatic N) is 2. The molecular weight excluding hydrogens is 354 g/mol. The van der Waals surface area contributed by atoms with Gasteiger partial charge in [0.05, 0.1) is 20.6 Å². The summed E-state index contributed by atoms with van der Waals surface area (Å²) in [7, 11) is 0. The van der Waals surface area contributed by atoms with Crippen LogP contribution in [0.2, 0.25) is 4.34 Å². The highest BCUT2D eigenvalue weighted by Crippen LogP contribution is 2.28. The lowest BCUT2D eigenvalue weighted by Crippen LogP contribution is -2.21. The van der Waals surface area contributed by atoms with Gasteiger partial charge in [0.15, 0.2) is 5.82 Å². The second kappa shape index (κ2) is 6.82. The molecule has 0 aliphatic rings. The van der Waals surface area contributed by atoms with Gasteiger partial charge in [-0.3, -0.25) is 4.79 Å². The van der Waals surface area contributed by atoms with Gasteiger partial charge in [0, 0.05) is 10.8 Å². The predicted molar refractivity (Wildman–Crippen MR) is 92.2 cm³/mol. The minimum atomic E-state index is -0.128. The van der Waals surface area contributed by atoms with E-state index in [0.29, 0.717) is 27.5 Å². The topological polar surface area (TPSA) is 68.0 Å². The molecule has 0 radical (unpaired) electrons. The molecule has 1 N–H and O–H groups in total. The summed E-state index contributed by atoms with van der Waals surface area (Å²) in [6.45, 7) is 4.48. The lowest BCUT2D eigenvalue weighted by Gasteiger charge is -2.00. The van der Waals surface area contributed by atoms with Gasteiger partial charge in [-0.15, -0.1) is 22.7 Å². The van der Waals surface area contributed by atoms with E-state index >= 15 is 0 Å². The van der Waals surface area contributed by atoms with Crippen molar-refractivity contribution >= 4 is 40.2 Å². The summed E-state index contributed by atoms with van der Waals surface area (Å²) in [5.74, 6) is 1.31. The van der Waals surface area contributed by atoms with Crippen LogP contribution in [0.5, 0.6) is 0 Å². The highest BCUT2D eigenvalue weighted by molar-refractivity contribution is 7.18. The zero-order valence-corrected chi connectivity index (χ0v) is 14.9. The SMILES string of the molecule is CC(C)c1noc(-c2ccc(CNC(=O)c3ccc(Cl)s3)s2)n1. The Hall–Kier alpha value is -1.70. The van der Waals surface area contributed by atoms with Crippen molar-refractivity contribution in [1.29, 1.82) is 0 Å². The number of rotatable bonds is 5. The van der Waals surface area contributed by atoms with E-state index in [9.17, 15) is 4.79 Å². The van der Waals surface area contributed by atoms with Crippen LogP contribution in [0.4, 0.5) is 0 Å². The molecule has 0 saturated carbocycles. The fourth-order valence-electron chi connectivity index (χ4n) is 1.85. The zero-order valence-electron chi connectivity index (χ0n) is 12.5. The number of aromatic nitrogens is 2. The molecule has 1 amide bonds. The first-order chi connectivity index (χ1) is 11.0. The van der Waals surface area contributed by atoms with Gasteiger partial charge in [-0.25, -0.2) is 0 Å². The molecule has 120 valence electrons. The number of hydrogen-bond acceptors (Lipinski definition) is 6. The maximum Gasteiger partial charge on any atom is 0.268 e. The minimum absolute atomic E-state index is 0.128. The van der Waals surface area contributed by atoms with Crippen molar-refractivity contribution < 1.29 is 9.32 Å². The molecule has 0 aliphatic heterocycles. The van der Waals surface area contributed by atoms with Crippen LogP contribution in [0.3, 0.4) is 0 Å². The Kier molecular flexibility index (Phi) is 4.79. The summed E-state index contributed by atoms with van der Waals surface area (Å²) in [4.78, 5) is 18.9. The predicted octanol–water partition coefficient (Wildman–Crippen LogP) is 4.57. The van der Waals surface area contributed by atoms with Crippen LogP contribution in [-0.4, -0.2) is 16.0 Å². The van der Waals surface area contributed by atoms with Gasteiger partial charge in [-0.1, -0.05) is 30.6 Å². The van der Waals surface area contributed by atoms with Gasteiger partial charge in [0.2, 0.25) is 0 Å². The molecule has 0 bridgehead atoms. The molecule has 0 aromatic carbocycles. The third kappa shape index (κ3) is 3.80. The van der Waals surface area contributed by atoms with Crippen LogP contribution in [0.1, 0.15) is 40.1 Å². The molecule has 0 saturated heterocycles. The summed E-state index contributed by atoms with van der Waals surface area (Å²) in [6.07, 6.45) is 0. The number of amides is 1. The number of carbonyl (C=O) groups is 1. The molecule has 8 heteroatoms. The average molecular weight is 368 g/mol. The highest BCUT2D eigenvalue weighted by atomic mass is 35.5. The third-order valence-electron chi connectivity index (χ3n) is 3.05. The van der Waals surface area contributed by atoms with Crippen LogP contribution in [-0.2, 0) is 6.54 Å². The van der Waals surface area contributed by atoms with E-state index in [-0.39, 0.29) is 11.8 Å². The normalized spacial score (nSPS) is 11.1. The molecule has 0 spiro atoms. The molecule has 0 unspecified atom stereocenters. The summed E-state index contributed by atoms with van der Waals surface area (Å²) in [6, 6.07) is 7.30. The van der Waals surface area contributed by atoms with Crippen molar-refractivity contribution in [2.24, 2.45) is 0 Å². The van der Waals surface area contributed by atoms with Gasteiger partial charge < -0.3 is 9.84 Å². The molecule has 3 heterocycles. The summed E-state index contributed by atoms with van der Waals surface area (Å²) in [5.41, 5.74) is 0. The molecule has 5 nitrogen and oxygen atoms in total. The summed E-state index contributed by atoms with van der Waals surface area (Å²) < 4.78 is 5.87. The molecule has 0 atom stereocenters. The first kappa shape index (κ1) is 16.2. The molecule has 3 aromatic rings. The van der Waals surface area contributed by atoms with E-state index in [4.69, 9.17) is 16.1 Å². The third-order valence-corrected chi connectivity index (χ3v) is 5.35.